The summed E-state index contributed by atoms with van der Waals surface area (Å²) in [4.78, 5) is 74.4. The van der Waals surface area contributed by atoms with Gasteiger partial charge in [0.25, 0.3) is 5.91 Å². The molecule has 1 aromatic heterocycles. The molecule has 2 unspecified atom stereocenters. The number of carbonyl (C=O) groups excluding carboxylic acids is 4. The average molecular weight is 786 g/mol. The zero-order valence-corrected chi connectivity index (χ0v) is 34.7. The third kappa shape index (κ3) is 14.0. The Hall–Kier alpha value is -3.88. The quantitative estimate of drug-likeness (QED) is 0.0750. The largest absolute Gasteiger partial charge is 0.481 e. The second-order valence-corrected chi connectivity index (χ2v) is 16.2. The number of nitrogens with one attached hydrogen (secondary N) is 2. The van der Waals surface area contributed by atoms with Gasteiger partial charge in [0.05, 0.1) is 12.0 Å². The summed E-state index contributed by atoms with van der Waals surface area (Å²) in [5.41, 5.74) is 1.07. The zero-order chi connectivity index (χ0) is 40.7. The smallest absolute Gasteiger partial charge is 0.306 e. The van der Waals surface area contributed by atoms with Crippen molar-refractivity contribution in [2.45, 2.75) is 130 Å². The molecule has 1 aromatic carbocycles. The lowest BCUT2D eigenvalue weighted by Gasteiger charge is -2.39. The SMILES string of the molecule is CCCOCN(C(=O)[C@@H](NC(=O)[C@H]1CCCCN1C)C(C)CC)C(C[C@@H](OC(C)=O)c1nc(C(=O)N[C@@H](Cc2ccccc2)C[C@H](C)C(=O)O)cs1)C(C)C. The number of likely N-dealkylation sites (N-methyl/N-ethyl adjacent to an activating group) is 1. The van der Waals surface area contributed by atoms with Gasteiger partial charge in [-0.2, -0.15) is 0 Å². The Morgan fingerprint density at radius 2 is 1.75 bits per heavy atom. The van der Waals surface area contributed by atoms with E-state index in [-0.39, 0.29) is 55.0 Å². The zero-order valence-electron chi connectivity index (χ0n) is 33.9. The molecular formula is C41H63N5O8S. The van der Waals surface area contributed by atoms with Crippen LogP contribution in [-0.2, 0) is 35.1 Å². The molecule has 55 heavy (non-hydrogen) atoms. The van der Waals surface area contributed by atoms with Crippen molar-refractivity contribution in [2.75, 3.05) is 26.9 Å². The Labute approximate surface area is 330 Å². The number of rotatable bonds is 22. The fourth-order valence-electron chi connectivity index (χ4n) is 6.94. The number of hydrogen-bond acceptors (Lipinski definition) is 10. The molecule has 2 aromatic rings. The van der Waals surface area contributed by atoms with Crippen LogP contribution in [0.3, 0.4) is 0 Å². The standard InChI is InChI=1S/C41H63N5O8S/c1-9-20-53-25-46(40(50)36(27(5)10-2)44-38(49)33-18-14-15-19-45(33)8)34(26(3)4)23-35(54-29(7)47)39-43-32(24-55-39)37(48)42-31(21-28(6)41(51)52)22-30-16-12-11-13-17-30/h11-13,16-17,24,26-28,31,33-36H,9-10,14-15,18-23,25H2,1-8H3,(H,42,48)(H,44,49)(H,51,52)/t27?,28-,31+,33+,34?,35+,36-/m0/s1. The van der Waals surface area contributed by atoms with Crippen LogP contribution in [-0.4, -0.2) is 101 Å². The van der Waals surface area contributed by atoms with E-state index in [0.29, 0.717) is 24.5 Å². The van der Waals surface area contributed by atoms with Crippen molar-refractivity contribution >= 4 is 41.0 Å². The minimum Gasteiger partial charge on any atom is -0.481 e. The third-order valence-electron chi connectivity index (χ3n) is 10.4. The highest BCUT2D eigenvalue weighted by Gasteiger charge is 2.39. The number of carboxylic acids is 1. The van der Waals surface area contributed by atoms with Crippen LogP contribution in [0.25, 0.3) is 0 Å². The van der Waals surface area contributed by atoms with Crippen molar-refractivity contribution in [3.63, 3.8) is 0 Å². The van der Waals surface area contributed by atoms with E-state index >= 15 is 0 Å². The molecule has 1 aliphatic rings. The number of thiazole rings is 1. The fraction of sp³-hybridized carbons (Fsp3) is 0.659. The predicted molar refractivity (Wildman–Crippen MR) is 212 cm³/mol. The first-order chi connectivity index (χ1) is 26.2. The normalized spacial score (nSPS) is 18.0. The Kier molecular flexibility index (Phi) is 18.7. The lowest BCUT2D eigenvalue weighted by molar-refractivity contribution is -0.153. The molecule has 7 atom stereocenters. The van der Waals surface area contributed by atoms with E-state index in [0.717, 1.165) is 37.8 Å². The van der Waals surface area contributed by atoms with Crippen LogP contribution in [0.15, 0.2) is 35.7 Å². The number of piperidine rings is 1. The highest BCUT2D eigenvalue weighted by atomic mass is 32.1. The van der Waals surface area contributed by atoms with Crippen LogP contribution in [0.1, 0.15) is 121 Å². The molecule has 1 aliphatic heterocycles. The number of amides is 3. The molecule has 0 bridgehead atoms. The monoisotopic (exact) mass is 785 g/mol. The number of aliphatic carboxylic acids is 1. The minimum absolute atomic E-state index is 0.0163. The van der Waals surface area contributed by atoms with Gasteiger partial charge < -0.3 is 30.1 Å². The van der Waals surface area contributed by atoms with Gasteiger partial charge in [0.1, 0.15) is 23.5 Å². The highest BCUT2D eigenvalue weighted by molar-refractivity contribution is 7.09. The van der Waals surface area contributed by atoms with Crippen LogP contribution < -0.4 is 10.6 Å². The molecule has 1 fully saturated rings. The molecule has 0 spiro atoms. The van der Waals surface area contributed by atoms with Gasteiger partial charge in [0.15, 0.2) is 6.10 Å². The Bertz CT molecular complexity index is 1540. The lowest BCUT2D eigenvalue weighted by atomic mass is 9.92. The Morgan fingerprint density at radius 1 is 1.04 bits per heavy atom. The molecule has 14 heteroatoms. The number of likely N-dealkylation sites (tertiary alicyclic amines) is 1. The third-order valence-corrected chi connectivity index (χ3v) is 11.3. The van der Waals surface area contributed by atoms with Crippen molar-refractivity contribution in [2.24, 2.45) is 17.8 Å². The molecule has 0 saturated carbocycles. The minimum atomic E-state index is -0.950. The summed E-state index contributed by atoms with van der Waals surface area (Å²) in [6.45, 7) is 14.0. The van der Waals surface area contributed by atoms with Crippen LogP contribution in [0, 0.1) is 17.8 Å². The number of carbonyl (C=O) groups is 5. The van der Waals surface area contributed by atoms with Crippen LogP contribution in [0.2, 0.25) is 0 Å². The molecule has 13 nitrogen and oxygen atoms in total. The summed E-state index contributed by atoms with van der Waals surface area (Å²) in [6, 6.07) is 7.46. The molecule has 0 aliphatic carbocycles. The molecule has 0 radical (unpaired) electrons. The van der Waals surface area contributed by atoms with E-state index in [1.54, 1.807) is 17.2 Å². The molecule has 2 heterocycles. The van der Waals surface area contributed by atoms with E-state index in [9.17, 15) is 29.1 Å². The number of ether oxygens (including phenoxy) is 2. The summed E-state index contributed by atoms with van der Waals surface area (Å²) >= 11 is 1.17. The summed E-state index contributed by atoms with van der Waals surface area (Å²) in [7, 11) is 1.94. The van der Waals surface area contributed by atoms with Gasteiger partial charge in [-0.3, -0.25) is 28.9 Å². The number of aromatic nitrogens is 1. The maximum atomic E-state index is 14.7. The number of carboxylic acid groups (broad SMARTS) is 1. The highest BCUT2D eigenvalue weighted by Crippen LogP contribution is 2.32. The van der Waals surface area contributed by atoms with Crippen molar-refractivity contribution in [3.8, 4) is 0 Å². The topological polar surface area (TPSA) is 167 Å². The van der Waals surface area contributed by atoms with Gasteiger partial charge in [-0.05, 0) is 63.1 Å². The fourth-order valence-corrected chi connectivity index (χ4v) is 7.78. The van der Waals surface area contributed by atoms with Gasteiger partial charge in [0, 0.05) is 37.4 Å². The van der Waals surface area contributed by atoms with Gasteiger partial charge in [-0.1, -0.05) is 84.7 Å². The van der Waals surface area contributed by atoms with Crippen LogP contribution in [0.5, 0.6) is 0 Å². The Balaban J connectivity index is 1.91. The van der Waals surface area contributed by atoms with E-state index in [1.807, 2.05) is 76.9 Å². The van der Waals surface area contributed by atoms with Gasteiger partial charge in [-0.15, -0.1) is 11.3 Å². The van der Waals surface area contributed by atoms with E-state index in [1.165, 1.54) is 18.3 Å². The molecular weight excluding hydrogens is 723 g/mol. The van der Waals surface area contributed by atoms with Crippen molar-refractivity contribution in [1.82, 2.24) is 25.4 Å². The van der Waals surface area contributed by atoms with E-state index < -0.39 is 48.0 Å². The van der Waals surface area contributed by atoms with Gasteiger partial charge in [-0.25, -0.2) is 4.98 Å². The van der Waals surface area contributed by atoms with E-state index in [2.05, 4.69) is 15.6 Å². The molecule has 3 amide bonds. The second-order valence-electron chi connectivity index (χ2n) is 15.3. The van der Waals surface area contributed by atoms with Gasteiger partial charge >= 0.3 is 11.9 Å². The maximum absolute atomic E-state index is 14.7. The van der Waals surface area contributed by atoms with Gasteiger partial charge in [0.2, 0.25) is 11.8 Å². The Morgan fingerprint density at radius 3 is 2.35 bits per heavy atom. The molecule has 306 valence electrons. The average Bonchev–Trinajstić information content (AvgIpc) is 3.65. The van der Waals surface area contributed by atoms with Crippen LogP contribution in [0.4, 0.5) is 0 Å². The second kappa shape index (κ2) is 22.6. The lowest BCUT2D eigenvalue weighted by Crippen LogP contribution is -2.59. The van der Waals surface area contributed by atoms with E-state index in [4.69, 9.17) is 9.47 Å². The van der Waals surface area contributed by atoms with Crippen molar-refractivity contribution < 1.29 is 38.6 Å². The summed E-state index contributed by atoms with van der Waals surface area (Å²) in [5, 5.41) is 17.7. The predicted octanol–water partition coefficient (Wildman–Crippen LogP) is 5.84. The van der Waals surface area contributed by atoms with Crippen molar-refractivity contribution in [1.29, 1.82) is 0 Å². The summed E-state index contributed by atoms with van der Waals surface area (Å²) in [6.07, 6.45) is 4.06. The number of hydrogen-bond donors (Lipinski definition) is 3. The van der Waals surface area contributed by atoms with Crippen molar-refractivity contribution in [3.05, 3.63) is 52.0 Å². The maximum Gasteiger partial charge on any atom is 0.306 e. The first-order valence-corrected chi connectivity index (χ1v) is 20.6. The molecule has 1 saturated heterocycles. The van der Waals surface area contributed by atoms with Crippen LogP contribution >= 0.6 is 11.3 Å². The molecule has 3 N–H and O–H groups in total. The number of esters is 1. The summed E-state index contributed by atoms with van der Waals surface area (Å²) in [5.74, 6) is -3.36. The molecule has 3 rings (SSSR count). The first kappa shape index (κ1) is 45.5. The number of benzene rings is 1. The summed E-state index contributed by atoms with van der Waals surface area (Å²) < 4.78 is 11.8. The number of nitrogens with zero attached hydrogens (tertiary/aromatic N) is 3. The first-order valence-electron chi connectivity index (χ1n) is 19.8.